The van der Waals surface area contributed by atoms with Gasteiger partial charge in [0.15, 0.2) is 6.23 Å². The van der Waals surface area contributed by atoms with E-state index in [9.17, 15) is 19.2 Å². The van der Waals surface area contributed by atoms with Gasteiger partial charge in [-0.3, -0.25) is 24.9 Å². The van der Waals surface area contributed by atoms with E-state index < -0.39 is 30.1 Å². The molecule has 10 heteroatoms. The summed E-state index contributed by atoms with van der Waals surface area (Å²) in [5, 5.41) is 11.7. The smallest absolute Gasteiger partial charge is 0.305 e. The maximum atomic E-state index is 12.3. The van der Waals surface area contributed by atoms with Crippen molar-refractivity contribution in [3.8, 4) is 0 Å². The molecule has 3 atom stereocenters. The molecule has 26 heavy (non-hydrogen) atoms. The lowest BCUT2D eigenvalue weighted by Crippen LogP contribution is -2.41. The van der Waals surface area contributed by atoms with E-state index >= 15 is 0 Å². The van der Waals surface area contributed by atoms with Crippen molar-refractivity contribution in [2.45, 2.75) is 57.2 Å². The molecule has 3 unspecified atom stereocenters. The number of ketones is 1. The van der Waals surface area contributed by atoms with Crippen LogP contribution in [0.15, 0.2) is 0 Å². The number of carboxylic acid groups (broad SMARTS) is 1. The molecule has 150 valence electrons. The quantitative estimate of drug-likeness (QED) is 0.105. The molecule has 0 radical (unpaired) electrons. The summed E-state index contributed by atoms with van der Waals surface area (Å²) in [5.41, 5.74) is 10.9. The summed E-state index contributed by atoms with van der Waals surface area (Å²) in [5.74, 6) is -2.13. The molecule has 0 bridgehead atoms. The minimum atomic E-state index is -1.01. The summed E-state index contributed by atoms with van der Waals surface area (Å²) in [7, 11) is 0. The second-order valence-corrected chi connectivity index (χ2v) is 6.38. The fourth-order valence-corrected chi connectivity index (χ4v) is 2.64. The van der Waals surface area contributed by atoms with Crippen molar-refractivity contribution in [1.29, 1.82) is 0 Å². The first-order chi connectivity index (χ1) is 12.3. The predicted molar refractivity (Wildman–Crippen MR) is 98.4 cm³/mol. The Labute approximate surface area is 158 Å². The Hall–Kier alpha value is -1.65. The highest BCUT2D eigenvalue weighted by atomic mass is 32.1. The number of nitrogens with two attached hydrogens (primary N) is 2. The number of amides is 1. The number of ether oxygens (including phenoxy) is 1. The molecular weight excluding hydrogens is 362 g/mol. The third-order valence-corrected chi connectivity index (χ3v) is 4.22. The topological polar surface area (TPSA) is 162 Å². The first-order valence-corrected chi connectivity index (χ1v) is 9.16. The molecule has 0 aliphatic rings. The molecule has 6 N–H and O–H groups in total. The highest BCUT2D eigenvalue weighted by Gasteiger charge is 2.24. The number of carbonyl (C=O) groups excluding carboxylic acids is 3. The zero-order chi connectivity index (χ0) is 19.9. The highest BCUT2D eigenvalue weighted by Crippen LogP contribution is 2.12. The zero-order valence-electron chi connectivity index (χ0n) is 14.8. The first kappa shape index (κ1) is 24.4. The minimum Gasteiger partial charge on any atom is -0.481 e. The lowest BCUT2D eigenvalue weighted by Gasteiger charge is -2.21. The van der Waals surface area contributed by atoms with Crippen LogP contribution >= 0.6 is 12.6 Å². The van der Waals surface area contributed by atoms with Gasteiger partial charge in [-0.1, -0.05) is 6.42 Å². The van der Waals surface area contributed by atoms with Gasteiger partial charge in [-0.25, -0.2) is 0 Å². The normalized spacial score (nSPS) is 14.1. The van der Waals surface area contributed by atoms with Crippen LogP contribution in [-0.2, 0) is 23.9 Å². The van der Waals surface area contributed by atoms with Crippen LogP contribution < -0.4 is 16.8 Å². The standard InChI is InChI=1S/C16H29N3O6S/c17-6-2-1-3-12(8-15(22)23)19-16(24)11(9-26)7-13(21)4-5-14(18)25-10-20/h10-12,14,26H,1-9,17-18H2,(H,19,24)(H,22,23). The fraction of sp³-hybridized carbons (Fsp3) is 0.750. The van der Waals surface area contributed by atoms with Crippen molar-refractivity contribution < 1.29 is 29.0 Å². The van der Waals surface area contributed by atoms with E-state index in [-0.39, 0.29) is 43.7 Å². The Balaban J connectivity index is 4.54. The SMILES string of the molecule is NCCCCC(CC(=O)O)NC(=O)C(CS)CC(=O)CCC(N)OC=O. The van der Waals surface area contributed by atoms with Crippen molar-refractivity contribution in [3.63, 3.8) is 0 Å². The maximum Gasteiger partial charge on any atom is 0.305 e. The number of aliphatic carboxylic acids is 1. The molecule has 0 saturated heterocycles. The van der Waals surface area contributed by atoms with Crippen LogP contribution in [0.25, 0.3) is 0 Å². The van der Waals surface area contributed by atoms with Crippen molar-refractivity contribution >= 4 is 36.8 Å². The Morgan fingerprint density at radius 3 is 2.42 bits per heavy atom. The summed E-state index contributed by atoms with van der Waals surface area (Å²) in [6.07, 6.45) is 1.09. The number of Topliss-reactive ketones (excluding diaryl/α,β-unsaturated/α-hetero) is 1. The van der Waals surface area contributed by atoms with Gasteiger partial charge in [0, 0.05) is 31.1 Å². The number of thiol groups is 1. The first-order valence-electron chi connectivity index (χ1n) is 8.53. The van der Waals surface area contributed by atoms with Crippen LogP contribution in [0.3, 0.4) is 0 Å². The van der Waals surface area contributed by atoms with Gasteiger partial charge in [0.25, 0.3) is 6.47 Å². The van der Waals surface area contributed by atoms with Gasteiger partial charge in [0.05, 0.1) is 12.3 Å². The van der Waals surface area contributed by atoms with Crippen LogP contribution in [0.4, 0.5) is 0 Å². The Bertz CT molecular complexity index is 463. The number of rotatable bonds is 16. The third kappa shape index (κ3) is 11.8. The number of carbonyl (C=O) groups is 4. The average Bonchev–Trinajstić information content (AvgIpc) is 2.57. The Kier molecular flexibility index (Phi) is 13.6. The summed E-state index contributed by atoms with van der Waals surface area (Å²) in [6, 6.07) is -0.515. The van der Waals surface area contributed by atoms with E-state index in [0.29, 0.717) is 19.4 Å². The Morgan fingerprint density at radius 2 is 1.88 bits per heavy atom. The third-order valence-electron chi connectivity index (χ3n) is 3.78. The molecule has 0 aromatic rings. The predicted octanol–water partition coefficient (Wildman–Crippen LogP) is -0.182. The molecule has 0 aliphatic heterocycles. The number of carboxylic acids is 1. The molecule has 1 amide bonds. The molecule has 0 aliphatic carbocycles. The second-order valence-electron chi connectivity index (χ2n) is 6.02. The Morgan fingerprint density at radius 1 is 1.19 bits per heavy atom. The molecule has 0 aromatic heterocycles. The van der Waals surface area contributed by atoms with Gasteiger partial charge in [-0.05, 0) is 19.4 Å². The zero-order valence-corrected chi connectivity index (χ0v) is 15.7. The van der Waals surface area contributed by atoms with Crippen molar-refractivity contribution in [2.24, 2.45) is 17.4 Å². The number of unbranched alkanes of at least 4 members (excludes halogenated alkanes) is 1. The fourth-order valence-electron chi connectivity index (χ4n) is 2.35. The van der Waals surface area contributed by atoms with E-state index in [1.165, 1.54) is 0 Å². The summed E-state index contributed by atoms with van der Waals surface area (Å²) < 4.78 is 4.49. The van der Waals surface area contributed by atoms with Crippen LogP contribution in [-0.4, -0.2) is 53.8 Å². The van der Waals surface area contributed by atoms with E-state index in [1.807, 2.05) is 0 Å². The highest BCUT2D eigenvalue weighted by molar-refractivity contribution is 7.80. The van der Waals surface area contributed by atoms with E-state index in [1.54, 1.807) is 0 Å². The maximum absolute atomic E-state index is 12.3. The van der Waals surface area contributed by atoms with E-state index in [0.717, 1.165) is 6.42 Å². The van der Waals surface area contributed by atoms with Gasteiger partial charge in [-0.2, -0.15) is 12.6 Å². The molecule has 0 saturated carbocycles. The van der Waals surface area contributed by atoms with Crippen molar-refractivity contribution in [3.05, 3.63) is 0 Å². The largest absolute Gasteiger partial charge is 0.481 e. The molecule has 0 rings (SSSR count). The molecule has 0 spiro atoms. The van der Waals surface area contributed by atoms with Crippen molar-refractivity contribution in [1.82, 2.24) is 5.32 Å². The number of hydrogen-bond acceptors (Lipinski definition) is 8. The van der Waals surface area contributed by atoms with Crippen LogP contribution in [0.1, 0.15) is 44.9 Å². The van der Waals surface area contributed by atoms with Gasteiger partial charge < -0.3 is 20.9 Å². The molecular formula is C16H29N3O6S. The molecule has 0 aromatic carbocycles. The van der Waals surface area contributed by atoms with E-state index in [4.69, 9.17) is 16.6 Å². The van der Waals surface area contributed by atoms with Gasteiger partial charge in [0.2, 0.25) is 5.91 Å². The summed E-state index contributed by atoms with van der Waals surface area (Å²) >= 11 is 4.11. The van der Waals surface area contributed by atoms with E-state index in [2.05, 4.69) is 22.7 Å². The lowest BCUT2D eigenvalue weighted by atomic mass is 9.99. The minimum absolute atomic E-state index is 0.0360. The monoisotopic (exact) mass is 391 g/mol. The van der Waals surface area contributed by atoms with Crippen LogP contribution in [0.5, 0.6) is 0 Å². The van der Waals surface area contributed by atoms with Crippen LogP contribution in [0.2, 0.25) is 0 Å². The molecule has 9 nitrogen and oxygen atoms in total. The lowest BCUT2D eigenvalue weighted by molar-refractivity contribution is -0.138. The summed E-state index contributed by atoms with van der Waals surface area (Å²) in [6.45, 7) is 0.712. The number of hydrogen-bond donors (Lipinski definition) is 5. The average molecular weight is 391 g/mol. The van der Waals surface area contributed by atoms with Gasteiger partial charge in [-0.15, -0.1) is 0 Å². The van der Waals surface area contributed by atoms with Crippen molar-refractivity contribution in [2.75, 3.05) is 12.3 Å². The van der Waals surface area contributed by atoms with Gasteiger partial charge in [0.1, 0.15) is 5.78 Å². The number of nitrogens with one attached hydrogen (secondary N) is 1. The van der Waals surface area contributed by atoms with Crippen LogP contribution in [0, 0.1) is 5.92 Å². The second kappa shape index (κ2) is 14.5. The molecule has 0 heterocycles. The summed E-state index contributed by atoms with van der Waals surface area (Å²) in [4.78, 5) is 45.4. The van der Waals surface area contributed by atoms with Gasteiger partial charge >= 0.3 is 5.97 Å². The molecule has 0 fully saturated rings.